The van der Waals surface area contributed by atoms with E-state index in [0.29, 0.717) is 0 Å². The molecule has 4 N–H and O–H groups in total. The molecule has 0 rings (SSSR count). The molecule has 0 aliphatic heterocycles. The quantitative estimate of drug-likeness (QED) is 0.522. The Morgan fingerprint density at radius 2 is 2.14 bits per heavy atom. The van der Waals surface area contributed by atoms with Gasteiger partial charge in [0, 0.05) is 6.42 Å². The predicted octanol–water partition coefficient (Wildman–Crippen LogP) is -0.684. The standard InChI is InChI=1S/C9H14N2O3/c1-4-5-6(7(12)13)11-8(14)9(2,3)10/h1,6H,5,10H2,2-3H3,(H,11,14)(H,12,13). The van der Waals surface area contributed by atoms with Crippen molar-refractivity contribution in [3.05, 3.63) is 0 Å². The van der Waals surface area contributed by atoms with Crippen molar-refractivity contribution in [1.29, 1.82) is 0 Å². The van der Waals surface area contributed by atoms with E-state index in [1.54, 1.807) is 0 Å². The second-order valence-corrected chi connectivity index (χ2v) is 3.49. The third-order valence-electron chi connectivity index (χ3n) is 1.51. The summed E-state index contributed by atoms with van der Waals surface area (Å²) in [6, 6.07) is -1.07. The number of nitrogens with two attached hydrogens (primary N) is 1. The Morgan fingerprint density at radius 1 is 1.64 bits per heavy atom. The van der Waals surface area contributed by atoms with Crippen LogP contribution < -0.4 is 11.1 Å². The summed E-state index contributed by atoms with van der Waals surface area (Å²) in [5.41, 5.74) is 4.36. The number of carbonyl (C=O) groups excluding carboxylic acids is 1. The molecule has 0 radical (unpaired) electrons. The molecule has 0 aliphatic rings. The number of hydrogen-bond donors (Lipinski definition) is 3. The molecule has 0 heterocycles. The summed E-state index contributed by atoms with van der Waals surface area (Å²) in [5.74, 6) is 0.462. The van der Waals surface area contributed by atoms with E-state index < -0.39 is 23.5 Å². The Morgan fingerprint density at radius 3 is 2.43 bits per heavy atom. The topological polar surface area (TPSA) is 92.4 Å². The van der Waals surface area contributed by atoms with Gasteiger partial charge in [0.15, 0.2) is 0 Å². The summed E-state index contributed by atoms with van der Waals surface area (Å²) >= 11 is 0. The van der Waals surface area contributed by atoms with Gasteiger partial charge in [0.1, 0.15) is 6.04 Å². The Kier molecular flexibility index (Phi) is 4.12. The van der Waals surface area contributed by atoms with Crippen LogP contribution in [0.2, 0.25) is 0 Å². The van der Waals surface area contributed by atoms with Gasteiger partial charge < -0.3 is 16.2 Å². The third-order valence-corrected chi connectivity index (χ3v) is 1.51. The fourth-order valence-corrected chi connectivity index (χ4v) is 0.662. The summed E-state index contributed by atoms with van der Waals surface area (Å²) in [5, 5.41) is 10.9. The molecular formula is C9H14N2O3. The van der Waals surface area contributed by atoms with Gasteiger partial charge in [-0.3, -0.25) is 4.79 Å². The minimum atomic E-state index is -1.17. The molecule has 0 aliphatic carbocycles. The van der Waals surface area contributed by atoms with Gasteiger partial charge in [-0.05, 0) is 13.8 Å². The molecule has 14 heavy (non-hydrogen) atoms. The zero-order valence-corrected chi connectivity index (χ0v) is 8.20. The maximum Gasteiger partial charge on any atom is 0.327 e. The number of terminal acetylenes is 1. The molecule has 0 saturated carbocycles. The van der Waals surface area contributed by atoms with Gasteiger partial charge >= 0.3 is 5.97 Å². The van der Waals surface area contributed by atoms with Crippen LogP contribution in [-0.2, 0) is 9.59 Å². The molecule has 0 aromatic rings. The van der Waals surface area contributed by atoms with Gasteiger partial charge in [-0.2, -0.15) is 0 Å². The highest BCUT2D eigenvalue weighted by atomic mass is 16.4. The molecule has 1 atom stereocenters. The van der Waals surface area contributed by atoms with Crippen LogP contribution in [0.4, 0.5) is 0 Å². The van der Waals surface area contributed by atoms with E-state index in [-0.39, 0.29) is 6.42 Å². The van der Waals surface area contributed by atoms with Gasteiger partial charge in [-0.15, -0.1) is 12.3 Å². The smallest absolute Gasteiger partial charge is 0.327 e. The Balaban J connectivity index is 4.40. The highest BCUT2D eigenvalue weighted by Crippen LogP contribution is 1.99. The van der Waals surface area contributed by atoms with Gasteiger partial charge in [0.2, 0.25) is 5.91 Å². The molecule has 0 spiro atoms. The summed E-state index contributed by atoms with van der Waals surface area (Å²) in [6.45, 7) is 2.97. The lowest BCUT2D eigenvalue weighted by Crippen LogP contribution is -2.53. The van der Waals surface area contributed by atoms with Crippen molar-refractivity contribution in [2.45, 2.75) is 31.8 Å². The monoisotopic (exact) mass is 198 g/mol. The number of rotatable bonds is 4. The zero-order valence-electron chi connectivity index (χ0n) is 8.20. The van der Waals surface area contributed by atoms with E-state index in [2.05, 4.69) is 11.2 Å². The molecule has 0 aromatic carbocycles. The first kappa shape index (κ1) is 12.5. The minimum absolute atomic E-state index is 0.0584. The van der Waals surface area contributed by atoms with E-state index in [9.17, 15) is 9.59 Å². The molecule has 0 aromatic heterocycles. The molecule has 5 heteroatoms. The first-order valence-corrected chi connectivity index (χ1v) is 4.05. The molecule has 1 amide bonds. The molecule has 0 bridgehead atoms. The fourth-order valence-electron chi connectivity index (χ4n) is 0.662. The van der Waals surface area contributed by atoms with Crippen LogP contribution in [0.3, 0.4) is 0 Å². The Hall–Kier alpha value is -1.54. The molecule has 1 unspecified atom stereocenters. The number of carbonyl (C=O) groups is 2. The fraction of sp³-hybridized carbons (Fsp3) is 0.556. The van der Waals surface area contributed by atoms with Crippen LogP contribution in [-0.4, -0.2) is 28.6 Å². The van der Waals surface area contributed by atoms with Crippen molar-refractivity contribution >= 4 is 11.9 Å². The number of nitrogens with one attached hydrogen (secondary N) is 1. The number of carboxylic acid groups (broad SMARTS) is 1. The Labute approximate surface area is 82.7 Å². The summed E-state index contributed by atoms with van der Waals surface area (Å²) in [6.07, 6.45) is 4.90. The number of aliphatic carboxylic acids is 1. The SMILES string of the molecule is C#CCC(NC(=O)C(C)(C)N)C(=O)O. The lowest BCUT2D eigenvalue weighted by molar-refractivity contribution is -0.142. The lowest BCUT2D eigenvalue weighted by atomic mass is 10.1. The average Bonchev–Trinajstić information content (AvgIpc) is 2.01. The van der Waals surface area contributed by atoms with Crippen LogP contribution in [0, 0.1) is 12.3 Å². The van der Waals surface area contributed by atoms with Gasteiger partial charge in [0.25, 0.3) is 0 Å². The van der Waals surface area contributed by atoms with Crippen LogP contribution in [0.5, 0.6) is 0 Å². The molecule has 5 nitrogen and oxygen atoms in total. The second-order valence-electron chi connectivity index (χ2n) is 3.49. The van der Waals surface area contributed by atoms with Crippen molar-refractivity contribution in [2.24, 2.45) is 5.73 Å². The first-order valence-electron chi connectivity index (χ1n) is 4.05. The van der Waals surface area contributed by atoms with Gasteiger partial charge in [-0.25, -0.2) is 4.79 Å². The maximum atomic E-state index is 11.3. The zero-order chi connectivity index (χ0) is 11.4. The molecule has 0 fully saturated rings. The number of carboxylic acids is 1. The van der Waals surface area contributed by atoms with E-state index in [1.807, 2.05) is 0 Å². The normalized spacial score (nSPS) is 12.7. The summed E-state index contributed by atoms with van der Waals surface area (Å²) < 4.78 is 0. The highest BCUT2D eigenvalue weighted by Gasteiger charge is 2.27. The van der Waals surface area contributed by atoms with E-state index >= 15 is 0 Å². The van der Waals surface area contributed by atoms with E-state index in [1.165, 1.54) is 13.8 Å². The minimum Gasteiger partial charge on any atom is -0.480 e. The van der Waals surface area contributed by atoms with Gasteiger partial charge in [-0.1, -0.05) is 0 Å². The summed E-state index contributed by atoms with van der Waals surface area (Å²) in [4.78, 5) is 21.9. The summed E-state index contributed by atoms with van der Waals surface area (Å²) in [7, 11) is 0. The van der Waals surface area contributed by atoms with Crippen molar-refractivity contribution < 1.29 is 14.7 Å². The highest BCUT2D eigenvalue weighted by molar-refractivity contribution is 5.89. The average molecular weight is 198 g/mol. The van der Waals surface area contributed by atoms with E-state index in [4.69, 9.17) is 17.3 Å². The van der Waals surface area contributed by atoms with Crippen LogP contribution >= 0.6 is 0 Å². The molecular weight excluding hydrogens is 184 g/mol. The molecule has 0 saturated heterocycles. The number of hydrogen-bond acceptors (Lipinski definition) is 3. The van der Waals surface area contributed by atoms with E-state index in [0.717, 1.165) is 0 Å². The Bertz CT molecular complexity index is 273. The number of amides is 1. The lowest BCUT2D eigenvalue weighted by Gasteiger charge is -2.20. The second kappa shape index (κ2) is 4.63. The maximum absolute atomic E-state index is 11.3. The van der Waals surface area contributed by atoms with Crippen molar-refractivity contribution in [3.8, 4) is 12.3 Å². The van der Waals surface area contributed by atoms with Crippen LogP contribution in [0.25, 0.3) is 0 Å². The third kappa shape index (κ3) is 3.92. The van der Waals surface area contributed by atoms with Crippen molar-refractivity contribution in [3.63, 3.8) is 0 Å². The first-order chi connectivity index (χ1) is 6.29. The van der Waals surface area contributed by atoms with Crippen LogP contribution in [0.1, 0.15) is 20.3 Å². The molecule has 78 valence electrons. The largest absolute Gasteiger partial charge is 0.480 e. The van der Waals surface area contributed by atoms with Crippen molar-refractivity contribution in [1.82, 2.24) is 5.32 Å². The van der Waals surface area contributed by atoms with Gasteiger partial charge in [0.05, 0.1) is 5.54 Å². The van der Waals surface area contributed by atoms with Crippen molar-refractivity contribution in [2.75, 3.05) is 0 Å². The van der Waals surface area contributed by atoms with Crippen LogP contribution in [0.15, 0.2) is 0 Å². The predicted molar refractivity (Wildman–Crippen MR) is 51.3 cm³/mol.